The van der Waals surface area contributed by atoms with Gasteiger partial charge < -0.3 is 16.0 Å². The molecule has 94 valence electrons. The largest absolute Gasteiger partial charge is 0.352 e. The lowest BCUT2D eigenvalue weighted by atomic mass is 10.1. The van der Waals surface area contributed by atoms with Crippen molar-refractivity contribution in [3.05, 3.63) is 0 Å². The average molecular weight is 229 g/mol. The quantitative estimate of drug-likeness (QED) is 0.678. The number of hydrogen-bond acceptors (Lipinski definition) is 3. The average Bonchev–Trinajstić information content (AvgIpc) is 2.15. The van der Waals surface area contributed by atoms with Gasteiger partial charge in [-0.1, -0.05) is 6.92 Å². The summed E-state index contributed by atoms with van der Waals surface area (Å²) in [5.41, 5.74) is 5.68. The van der Waals surface area contributed by atoms with Gasteiger partial charge in [0.05, 0.1) is 6.54 Å². The normalized spacial score (nSPS) is 12.4. The number of rotatable bonds is 6. The lowest BCUT2D eigenvalue weighted by Crippen LogP contribution is -2.42. The van der Waals surface area contributed by atoms with Gasteiger partial charge in [-0.15, -0.1) is 0 Å². The Hall–Kier alpha value is -1.10. The minimum atomic E-state index is -0.143. The maximum Gasteiger partial charge on any atom is 0.239 e. The van der Waals surface area contributed by atoms with E-state index in [0.29, 0.717) is 6.42 Å². The molecule has 0 spiro atoms. The van der Waals surface area contributed by atoms with E-state index in [1.807, 2.05) is 20.8 Å². The summed E-state index contributed by atoms with van der Waals surface area (Å²) in [6.45, 7) is 5.79. The molecule has 3 N–H and O–H groups in total. The third kappa shape index (κ3) is 6.40. The Morgan fingerprint density at radius 2 is 1.94 bits per heavy atom. The standard InChI is InChI=1S/C11H23N3O2/c1-5-9(12)6-11(16)14(4)7-10(15)13-8(2)3/h8-9H,5-7,12H2,1-4H3,(H,13,15). The van der Waals surface area contributed by atoms with Crippen molar-refractivity contribution in [2.45, 2.75) is 45.7 Å². The highest BCUT2D eigenvalue weighted by Crippen LogP contribution is 1.98. The Kier molecular flexibility index (Phi) is 6.72. The van der Waals surface area contributed by atoms with Crippen LogP contribution >= 0.6 is 0 Å². The summed E-state index contributed by atoms with van der Waals surface area (Å²) in [7, 11) is 1.62. The first-order valence-electron chi connectivity index (χ1n) is 5.65. The second-order valence-corrected chi connectivity index (χ2v) is 4.34. The molecular formula is C11H23N3O2. The van der Waals surface area contributed by atoms with E-state index in [-0.39, 0.29) is 30.4 Å². The SMILES string of the molecule is CCC(N)CC(=O)N(C)CC(=O)NC(C)C. The molecule has 16 heavy (non-hydrogen) atoms. The molecular weight excluding hydrogens is 206 g/mol. The van der Waals surface area contributed by atoms with Crippen molar-refractivity contribution in [3.63, 3.8) is 0 Å². The third-order valence-corrected chi connectivity index (χ3v) is 2.22. The molecule has 5 heteroatoms. The van der Waals surface area contributed by atoms with Crippen molar-refractivity contribution in [2.24, 2.45) is 5.73 Å². The van der Waals surface area contributed by atoms with Crippen LogP contribution in [0.1, 0.15) is 33.6 Å². The summed E-state index contributed by atoms with van der Waals surface area (Å²) < 4.78 is 0. The van der Waals surface area contributed by atoms with Crippen LogP contribution in [0.4, 0.5) is 0 Å². The van der Waals surface area contributed by atoms with Gasteiger partial charge in [0.15, 0.2) is 0 Å². The van der Waals surface area contributed by atoms with E-state index in [1.54, 1.807) is 7.05 Å². The van der Waals surface area contributed by atoms with Crippen LogP contribution in [0.3, 0.4) is 0 Å². The molecule has 0 aliphatic heterocycles. The minimum Gasteiger partial charge on any atom is -0.352 e. The fraction of sp³-hybridized carbons (Fsp3) is 0.818. The van der Waals surface area contributed by atoms with Crippen molar-refractivity contribution in [2.75, 3.05) is 13.6 Å². The monoisotopic (exact) mass is 229 g/mol. The molecule has 2 amide bonds. The highest BCUT2D eigenvalue weighted by Gasteiger charge is 2.15. The Balaban J connectivity index is 4.00. The lowest BCUT2D eigenvalue weighted by Gasteiger charge is -2.19. The molecule has 0 heterocycles. The maximum atomic E-state index is 11.6. The van der Waals surface area contributed by atoms with Crippen LogP contribution in [0.15, 0.2) is 0 Å². The van der Waals surface area contributed by atoms with E-state index in [2.05, 4.69) is 5.32 Å². The van der Waals surface area contributed by atoms with Crippen LogP contribution in [0.5, 0.6) is 0 Å². The first-order chi connectivity index (χ1) is 7.36. The Labute approximate surface area is 97.4 Å². The second kappa shape index (κ2) is 7.22. The van der Waals surface area contributed by atoms with Gasteiger partial charge in [0.25, 0.3) is 0 Å². The lowest BCUT2D eigenvalue weighted by molar-refractivity contribution is -0.135. The van der Waals surface area contributed by atoms with Gasteiger partial charge in [-0.3, -0.25) is 9.59 Å². The van der Waals surface area contributed by atoms with E-state index in [9.17, 15) is 9.59 Å². The fourth-order valence-corrected chi connectivity index (χ4v) is 1.20. The van der Waals surface area contributed by atoms with Gasteiger partial charge in [-0.25, -0.2) is 0 Å². The van der Waals surface area contributed by atoms with E-state index >= 15 is 0 Å². The zero-order chi connectivity index (χ0) is 12.7. The number of carbonyl (C=O) groups excluding carboxylic acids is 2. The molecule has 0 aromatic heterocycles. The summed E-state index contributed by atoms with van der Waals surface area (Å²) in [4.78, 5) is 24.4. The number of hydrogen-bond donors (Lipinski definition) is 2. The molecule has 0 aromatic carbocycles. The molecule has 0 saturated carbocycles. The summed E-state index contributed by atoms with van der Waals surface area (Å²) >= 11 is 0. The summed E-state index contributed by atoms with van der Waals surface area (Å²) in [6, 6.07) is -0.0305. The van der Waals surface area contributed by atoms with Crippen molar-refractivity contribution in [1.29, 1.82) is 0 Å². The third-order valence-electron chi connectivity index (χ3n) is 2.22. The molecule has 1 atom stereocenters. The molecule has 0 aliphatic rings. The van der Waals surface area contributed by atoms with Crippen LogP contribution in [-0.2, 0) is 9.59 Å². The van der Waals surface area contributed by atoms with E-state index in [4.69, 9.17) is 5.73 Å². The molecule has 5 nitrogen and oxygen atoms in total. The molecule has 0 aromatic rings. The van der Waals surface area contributed by atoms with Crippen molar-refractivity contribution < 1.29 is 9.59 Å². The molecule has 0 aliphatic carbocycles. The highest BCUT2D eigenvalue weighted by molar-refractivity contribution is 5.84. The summed E-state index contributed by atoms with van der Waals surface area (Å²) in [5, 5.41) is 2.73. The predicted octanol–water partition coefficient (Wildman–Crippen LogP) is 0.0968. The number of nitrogens with two attached hydrogens (primary N) is 1. The van der Waals surface area contributed by atoms with Gasteiger partial charge in [-0.2, -0.15) is 0 Å². The molecule has 0 radical (unpaired) electrons. The van der Waals surface area contributed by atoms with Gasteiger partial charge in [0.2, 0.25) is 11.8 Å². The van der Waals surface area contributed by atoms with Crippen molar-refractivity contribution >= 4 is 11.8 Å². The van der Waals surface area contributed by atoms with Gasteiger partial charge in [0.1, 0.15) is 0 Å². The van der Waals surface area contributed by atoms with Gasteiger partial charge in [-0.05, 0) is 20.3 Å². The zero-order valence-electron chi connectivity index (χ0n) is 10.6. The fourth-order valence-electron chi connectivity index (χ4n) is 1.20. The highest BCUT2D eigenvalue weighted by atomic mass is 16.2. The Morgan fingerprint density at radius 1 is 1.38 bits per heavy atom. The number of nitrogens with zero attached hydrogens (tertiary/aromatic N) is 1. The van der Waals surface area contributed by atoms with E-state index in [0.717, 1.165) is 6.42 Å². The number of likely N-dealkylation sites (N-methyl/N-ethyl adjacent to an activating group) is 1. The van der Waals surface area contributed by atoms with Crippen LogP contribution in [-0.4, -0.2) is 42.4 Å². The first-order valence-corrected chi connectivity index (χ1v) is 5.65. The number of nitrogens with one attached hydrogen (secondary N) is 1. The van der Waals surface area contributed by atoms with E-state index < -0.39 is 0 Å². The molecule has 0 fully saturated rings. The predicted molar refractivity (Wildman–Crippen MR) is 63.8 cm³/mol. The summed E-state index contributed by atoms with van der Waals surface area (Å²) in [6.07, 6.45) is 1.06. The minimum absolute atomic E-state index is 0.0896. The molecule has 0 rings (SSSR count). The van der Waals surface area contributed by atoms with Crippen molar-refractivity contribution in [3.8, 4) is 0 Å². The maximum absolute atomic E-state index is 11.6. The topological polar surface area (TPSA) is 75.4 Å². The number of carbonyl (C=O) groups is 2. The van der Waals surface area contributed by atoms with Crippen LogP contribution < -0.4 is 11.1 Å². The smallest absolute Gasteiger partial charge is 0.239 e. The zero-order valence-corrected chi connectivity index (χ0v) is 10.6. The number of amides is 2. The molecule has 0 bridgehead atoms. The summed E-state index contributed by atoms with van der Waals surface area (Å²) in [5.74, 6) is -0.232. The first kappa shape index (κ1) is 14.9. The van der Waals surface area contributed by atoms with E-state index in [1.165, 1.54) is 4.90 Å². The van der Waals surface area contributed by atoms with Crippen LogP contribution in [0, 0.1) is 0 Å². The molecule has 0 saturated heterocycles. The Bertz CT molecular complexity index is 241. The van der Waals surface area contributed by atoms with Crippen LogP contribution in [0.25, 0.3) is 0 Å². The Morgan fingerprint density at radius 3 is 2.38 bits per heavy atom. The second-order valence-electron chi connectivity index (χ2n) is 4.34. The van der Waals surface area contributed by atoms with Gasteiger partial charge >= 0.3 is 0 Å². The van der Waals surface area contributed by atoms with Crippen molar-refractivity contribution in [1.82, 2.24) is 10.2 Å². The van der Waals surface area contributed by atoms with Gasteiger partial charge in [0, 0.05) is 25.6 Å². The molecule has 1 unspecified atom stereocenters. The van der Waals surface area contributed by atoms with Crippen LogP contribution in [0.2, 0.25) is 0 Å².